The van der Waals surface area contributed by atoms with Crippen molar-refractivity contribution in [1.29, 1.82) is 0 Å². The minimum absolute atomic E-state index is 0.0473. The molecular weight excluding hydrogens is 554 g/mol. The molecule has 13 heteroatoms. The number of anilines is 1. The van der Waals surface area contributed by atoms with Crippen LogP contribution in [0.15, 0.2) is 66.1 Å². The van der Waals surface area contributed by atoms with E-state index in [2.05, 4.69) is 30.6 Å². The first-order chi connectivity index (χ1) is 20.3. The summed E-state index contributed by atoms with van der Waals surface area (Å²) in [4.78, 5) is 27.7. The van der Waals surface area contributed by atoms with E-state index in [1.54, 1.807) is 24.0 Å². The van der Waals surface area contributed by atoms with Crippen LogP contribution in [0.1, 0.15) is 47.9 Å². The highest BCUT2D eigenvalue weighted by Gasteiger charge is 2.46. The minimum atomic E-state index is -3.69. The van der Waals surface area contributed by atoms with Crippen molar-refractivity contribution in [3.05, 3.63) is 72.7 Å². The number of carbonyl (C=O) groups excluding carboxylic acids is 1. The van der Waals surface area contributed by atoms with Crippen molar-refractivity contribution in [1.82, 2.24) is 39.7 Å². The number of aromatic nitrogens is 7. The summed E-state index contributed by atoms with van der Waals surface area (Å²) in [6.07, 6.45) is 8.96. The summed E-state index contributed by atoms with van der Waals surface area (Å²) in [5.74, 6) is 0.246. The van der Waals surface area contributed by atoms with Crippen molar-refractivity contribution in [2.45, 2.75) is 48.6 Å². The highest BCUT2D eigenvalue weighted by atomic mass is 32.2. The molecule has 4 aromatic heterocycles. The molecular formula is C29H29N9O3S. The zero-order chi connectivity index (χ0) is 29.0. The minimum Gasteiger partial charge on any atom is -0.372 e. The number of hydrogen-bond donors (Lipinski definition) is 2. The molecule has 2 unspecified atom stereocenters. The number of H-pyrrole nitrogens is 1. The summed E-state index contributed by atoms with van der Waals surface area (Å²) < 4.78 is 28.1. The fourth-order valence-electron chi connectivity index (χ4n) is 6.56. The molecule has 12 nitrogen and oxygen atoms in total. The predicted molar refractivity (Wildman–Crippen MR) is 156 cm³/mol. The van der Waals surface area contributed by atoms with Crippen LogP contribution >= 0.6 is 0 Å². The van der Waals surface area contributed by atoms with E-state index in [1.165, 1.54) is 12.6 Å². The molecule has 2 saturated heterocycles. The second-order valence-corrected chi connectivity index (χ2v) is 12.8. The molecule has 214 valence electrons. The molecule has 2 bridgehead atoms. The van der Waals surface area contributed by atoms with E-state index in [0.29, 0.717) is 30.0 Å². The Morgan fingerprint density at radius 1 is 1.02 bits per heavy atom. The molecule has 42 heavy (non-hydrogen) atoms. The van der Waals surface area contributed by atoms with E-state index < -0.39 is 9.84 Å². The number of benzene rings is 1. The second kappa shape index (κ2) is 10.0. The SMILES string of the molecule is CNc1c(S(C)(=O)=O)c(C2CC3CC[C@H](C2)N3C(=O)c2nnc[nH]2)nc2c(-c3ccc(-c4ccccc4)nc3)cnn12. The third kappa shape index (κ3) is 4.31. The first-order valence-electron chi connectivity index (χ1n) is 13.8. The van der Waals surface area contributed by atoms with Gasteiger partial charge in [0.2, 0.25) is 5.82 Å². The van der Waals surface area contributed by atoms with E-state index in [-0.39, 0.29) is 34.6 Å². The monoisotopic (exact) mass is 583 g/mol. The zero-order valence-corrected chi connectivity index (χ0v) is 23.9. The van der Waals surface area contributed by atoms with Gasteiger partial charge in [0, 0.05) is 54.2 Å². The van der Waals surface area contributed by atoms with E-state index in [0.717, 1.165) is 35.2 Å². The molecule has 7 rings (SSSR count). The van der Waals surface area contributed by atoms with Crippen LogP contribution in [-0.2, 0) is 9.84 Å². The summed E-state index contributed by atoms with van der Waals surface area (Å²) in [6.45, 7) is 0. The molecule has 0 aliphatic carbocycles. The van der Waals surface area contributed by atoms with Gasteiger partial charge in [0.1, 0.15) is 17.0 Å². The van der Waals surface area contributed by atoms with Gasteiger partial charge in [-0.15, -0.1) is 10.2 Å². The number of sulfone groups is 1. The Morgan fingerprint density at radius 2 is 1.79 bits per heavy atom. The van der Waals surface area contributed by atoms with E-state index >= 15 is 0 Å². The maximum Gasteiger partial charge on any atom is 0.292 e. The van der Waals surface area contributed by atoms with Gasteiger partial charge in [0.05, 0.1) is 17.6 Å². The van der Waals surface area contributed by atoms with Gasteiger partial charge in [-0.3, -0.25) is 9.78 Å². The van der Waals surface area contributed by atoms with Gasteiger partial charge in [-0.05, 0) is 31.7 Å². The van der Waals surface area contributed by atoms with Crippen molar-refractivity contribution < 1.29 is 13.2 Å². The number of aromatic amines is 1. The van der Waals surface area contributed by atoms with E-state index in [1.807, 2.05) is 47.4 Å². The second-order valence-electron chi connectivity index (χ2n) is 10.9. The Labute approximate surface area is 242 Å². The number of fused-ring (bicyclic) bond motifs is 3. The number of pyridine rings is 1. The van der Waals surface area contributed by atoms with Crippen molar-refractivity contribution in [2.75, 3.05) is 18.6 Å². The molecule has 0 spiro atoms. The highest BCUT2D eigenvalue weighted by molar-refractivity contribution is 7.91. The van der Waals surface area contributed by atoms with Crippen LogP contribution in [-0.4, -0.2) is 79.4 Å². The Hall–Kier alpha value is -4.65. The Bertz CT molecular complexity index is 1870. The fourth-order valence-corrected chi connectivity index (χ4v) is 7.69. The van der Waals surface area contributed by atoms with Crippen LogP contribution in [0.5, 0.6) is 0 Å². The molecule has 0 saturated carbocycles. The number of nitrogens with zero attached hydrogens (tertiary/aromatic N) is 7. The summed E-state index contributed by atoms with van der Waals surface area (Å²) >= 11 is 0. The van der Waals surface area contributed by atoms with E-state index in [4.69, 9.17) is 4.98 Å². The van der Waals surface area contributed by atoms with Crippen LogP contribution < -0.4 is 5.32 Å². The molecule has 0 radical (unpaired) electrons. The number of rotatable bonds is 6. The van der Waals surface area contributed by atoms with Crippen molar-refractivity contribution in [3.8, 4) is 22.4 Å². The van der Waals surface area contributed by atoms with Crippen LogP contribution in [0.4, 0.5) is 5.82 Å². The average molecular weight is 584 g/mol. The summed E-state index contributed by atoms with van der Waals surface area (Å²) in [5.41, 5.74) is 4.49. The number of nitrogens with one attached hydrogen (secondary N) is 2. The normalized spacial score (nSPS) is 20.2. The zero-order valence-electron chi connectivity index (χ0n) is 23.1. The van der Waals surface area contributed by atoms with E-state index in [9.17, 15) is 13.2 Å². The largest absolute Gasteiger partial charge is 0.372 e. The predicted octanol–water partition coefficient (Wildman–Crippen LogP) is 3.57. The standard InChI is InChI=1S/C29H29N9O3S/c1-30-28-25(42(2,40)41)24(19-12-20-9-10-21(13-19)37(20)29(39)26-32-16-33-36-26)35-27-22(15-34-38(27)28)18-8-11-23(31-14-18)17-6-4-3-5-7-17/h3-8,11,14-16,19-21,30H,9-10,12-13H2,1-2H3,(H,32,33,36)/t19?,20-,21?/m1/s1. The Morgan fingerprint density at radius 3 is 2.40 bits per heavy atom. The molecule has 2 aliphatic heterocycles. The van der Waals surface area contributed by atoms with Crippen LogP contribution in [0, 0.1) is 0 Å². The average Bonchev–Trinajstić information content (AvgIpc) is 3.74. The topological polar surface area (TPSA) is 151 Å². The molecule has 2 aliphatic rings. The van der Waals surface area contributed by atoms with Crippen LogP contribution in [0.2, 0.25) is 0 Å². The molecule has 3 atom stereocenters. The van der Waals surface area contributed by atoms with Gasteiger partial charge in [-0.1, -0.05) is 36.4 Å². The lowest BCUT2D eigenvalue weighted by Crippen LogP contribution is -2.46. The lowest BCUT2D eigenvalue weighted by Gasteiger charge is -2.38. The van der Waals surface area contributed by atoms with Crippen LogP contribution in [0.3, 0.4) is 0 Å². The third-order valence-corrected chi connectivity index (χ3v) is 9.50. The summed E-state index contributed by atoms with van der Waals surface area (Å²) in [7, 11) is -2.00. The maximum absolute atomic E-state index is 13.3. The molecule has 2 fully saturated rings. The van der Waals surface area contributed by atoms with Gasteiger partial charge in [-0.25, -0.2) is 13.4 Å². The lowest BCUT2D eigenvalue weighted by atomic mass is 9.87. The van der Waals surface area contributed by atoms with Crippen molar-refractivity contribution >= 4 is 27.2 Å². The molecule has 5 aromatic rings. The number of carbonyl (C=O) groups is 1. The van der Waals surface area contributed by atoms with Crippen LogP contribution in [0.25, 0.3) is 28.0 Å². The smallest absolute Gasteiger partial charge is 0.292 e. The van der Waals surface area contributed by atoms with Gasteiger partial charge < -0.3 is 15.2 Å². The highest BCUT2D eigenvalue weighted by Crippen LogP contribution is 2.46. The lowest BCUT2D eigenvalue weighted by molar-refractivity contribution is 0.0556. The molecule has 1 amide bonds. The molecule has 2 N–H and O–H groups in total. The number of hydrogen-bond acceptors (Lipinski definition) is 9. The summed E-state index contributed by atoms with van der Waals surface area (Å²) in [5, 5.41) is 15.3. The first-order valence-corrected chi connectivity index (χ1v) is 15.7. The third-order valence-electron chi connectivity index (χ3n) is 8.35. The van der Waals surface area contributed by atoms with Crippen molar-refractivity contribution in [3.63, 3.8) is 0 Å². The van der Waals surface area contributed by atoms with Gasteiger partial charge in [0.25, 0.3) is 5.91 Å². The maximum atomic E-state index is 13.3. The molecule has 1 aromatic carbocycles. The van der Waals surface area contributed by atoms with Gasteiger partial charge >= 0.3 is 0 Å². The Kier molecular flexibility index (Phi) is 6.26. The van der Waals surface area contributed by atoms with Crippen molar-refractivity contribution in [2.24, 2.45) is 0 Å². The summed E-state index contributed by atoms with van der Waals surface area (Å²) in [6, 6.07) is 13.8. The van der Waals surface area contributed by atoms with Gasteiger partial charge in [0.15, 0.2) is 15.5 Å². The number of amides is 1. The molecule has 6 heterocycles. The fraction of sp³-hybridized carbons (Fsp3) is 0.310. The Balaban J connectivity index is 1.31. The first kappa shape index (κ1) is 26.3. The number of piperidine rings is 1. The van der Waals surface area contributed by atoms with Gasteiger partial charge in [-0.2, -0.15) is 9.61 Å². The quantitative estimate of drug-likeness (QED) is 0.306.